The molecule has 16 heavy (non-hydrogen) atoms. The van der Waals surface area contributed by atoms with Crippen molar-refractivity contribution >= 4 is 12.1 Å². The average molecular weight is 231 g/mol. The Labute approximate surface area is 96.5 Å². The summed E-state index contributed by atoms with van der Waals surface area (Å²) in [6.07, 6.45) is 1.82. The molecule has 94 valence electrons. The second kappa shape index (κ2) is 9.00. The van der Waals surface area contributed by atoms with Crippen molar-refractivity contribution in [1.29, 1.82) is 0 Å². The molecule has 1 unspecified atom stereocenters. The van der Waals surface area contributed by atoms with Crippen molar-refractivity contribution in [2.24, 2.45) is 0 Å². The lowest BCUT2D eigenvalue weighted by Gasteiger charge is -2.16. The van der Waals surface area contributed by atoms with Gasteiger partial charge in [0, 0.05) is 0 Å². The van der Waals surface area contributed by atoms with E-state index in [9.17, 15) is 9.59 Å². The summed E-state index contributed by atoms with van der Waals surface area (Å²) < 4.78 is 9.59. The van der Waals surface area contributed by atoms with Gasteiger partial charge in [0.25, 0.3) is 0 Å². The topological polar surface area (TPSA) is 64.6 Å². The van der Waals surface area contributed by atoms with Crippen molar-refractivity contribution in [3.8, 4) is 0 Å². The number of ether oxygens (including phenoxy) is 2. The molecule has 0 heterocycles. The molecule has 0 saturated carbocycles. The first-order valence-electron chi connectivity index (χ1n) is 5.75. The molecular formula is C11H21NO4. The molecule has 0 spiro atoms. The van der Waals surface area contributed by atoms with Gasteiger partial charge >= 0.3 is 12.1 Å². The highest BCUT2D eigenvalue weighted by Gasteiger charge is 2.21. The van der Waals surface area contributed by atoms with E-state index in [0.717, 1.165) is 12.8 Å². The zero-order chi connectivity index (χ0) is 12.4. The van der Waals surface area contributed by atoms with Gasteiger partial charge in [0.2, 0.25) is 0 Å². The largest absolute Gasteiger partial charge is 0.464 e. The Kier molecular flexibility index (Phi) is 8.29. The Morgan fingerprint density at radius 2 is 1.75 bits per heavy atom. The summed E-state index contributed by atoms with van der Waals surface area (Å²) in [5.74, 6) is -0.399. The Hall–Kier alpha value is -1.26. The highest BCUT2D eigenvalue weighted by Crippen LogP contribution is 2.03. The first-order chi connectivity index (χ1) is 7.65. The monoisotopic (exact) mass is 231 g/mol. The molecule has 0 aliphatic heterocycles. The van der Waals surface area contributed by atoms with Gasteiger partial charge in [-0.2, -0.15) is 0 Å². The zero-order valence-corrected chi connectivity index (χ0v) is 10.2. The summed E-state index contributed by atoms with van der Waals surface area (Å²) in [5, 5.41) is 2.50. The molecular weight excluding hydrogens is 210 g/mol. The third kappa shape index (κ3) is 6.27. The summed E-state index contributed by atoms with van der Waals surface area (Å²) in [5.41, 5.74) is 0. The van der Waals surface area contributed by atoms with Crippen molar-refractivity contribution in [2.45, 2.75) is 46.1 Å². The maximum atomic E-state index is 11.5. The number of amides is 1. The molecule has 0 aliphatic rings. The third-order valence-electron chi connectivity index (χ3n) is 1.98. The van der Waals surface area contributed by atoms with Crippen molar-refractivity contribution in [3.63, 3.8) is 0 Å². The second-order valence-electron chi connectivity index (χ2n) is 3.31. The third-order valence-corrected chi connectivity index (χ3v) is 1.98. The van der Waals surface area contributed by atoms with Crippen LogP contribution in [-0.2, 0) is 14.3 Å². The van der Waals surface area contributed by atoms with Crippen LogP contribution in [0.2, 0.25) is 0 Å². The van der Waals surface area contributed by atoms with E-state index in [1.807, 2.05) is 6.92 Å². The van der Waals surface area contributed by atoms with Gasteiger partial charge in [-0.15, -0.1) is 0 Å². The summed E-state index contributed by atoms with van der Waals surface area (Å²) in [4.78, 5) is 22.7. The fourth-order valence-corrected chi connectivity index (χ4v) is 1.22. The van der Waals surface area contributed by atoms with E-state index in [1.54, 1.807) is 13.8 Å². The Bertz CT molecular complexity index is 218. The molecule has 0 aromatic carbocycles. The van der Waals surface area contributed by atoms with Crippen LogP contribution in [0.1, 0.15) is 40.0 Å². The first kappa shape index (κ1) is 14.7. The van der Waals surface area contributed by atoms with Crippen molar-refractivity contribution in [2.75, 3.05) is 13.2 Å². The van der Waals surface area contributed by atoms with Crippen LogP contribution in [0.15, 0.2) is 0 Å². The highest BCUT2D eigenvalue weighted by molar-refractivity contribution is 5.81. The molecule has 0 rings (SSSR count). The lowest BCUT2D eigenvalue weighted by molar-refractivity contribution is -0.145. The quantitative estimate of drug-likeness (QED) is 0.679. The van der Waals surface area contributed by atoms with E-state index in [0.29, 0.717) is 13.0 Å². The smallest absolute Gasteiger partial charge is 0.407 e. The highest BCUT2D eigenvalue weighted by atomic mass is 16.6. The zero-order valence-electron chi connectivity index (χ0n) is 10.2. The van der Waals surface area contributed by atoms with Gasteiger partial charge in [-0.3, -0.25) is 0 Å². The Morgan fingerprint density at radius 3 is 2.25 bits per heavy atom. The minimum absolute atomic E-state index is 0.287. The lowest BCUT2D eigenvalue weighted by atomic mass is 10.1. The minimum Gasteiger partial charge on any atom is -0.464 e. The van der Waals surface area contributed by atoms with Crippen LogP contribution >= 0.6 is 0 Å². The Balaban J connectivity index is 4.18. The lowest BCUT2D eigenvalue weighted by Crippen LogP contribution is -2.42. The molecule has 0 bridgehead atoms. The number of alkyl carbamates (subject to hydrolysis) is 1. The molecule has 0 aliphatic carbocycles. The van der Waals surface area contributed by atoms with Gasteiger partial charge in [-0.25, -0.2) is 9.59 Å². The fourth-order valence-electron chi connectivity index (χ4n) is 1.22. The predicted molar refractivity (Wildman–Crippen MR) is 60.1 cm³/mol. The van der Waals surface area contributed by atoms with Gasteiger partial charge < -0.3 is 14.8 Å². The summed E-state index contributed by atoms with van der Waals surface area (Å²) in [6, 6.07) is -0.598. The van der Waals surface area contributed by atoms with E-state index in [4.69, 9.17) is 9.47 Å². The molecule has 0 radical (unpaired) electrons. The van der Waals surface area contributed by atoms with E-state index >= 15 is 0 Å². The summed E-state index contributed by atoms with van der Waals surface area (Å²) >= 11 is 0. The van der Waals surface area contributed by atoms with Gasteiger partial charge in [0.05, 0.1) is 13.2 Å². The van der Waals surface area contributed by atoms with Gasteiger partial charge in [0.15, 0.2) is 0 Å². The van der Waals surface area contributed by atoms with Crippen molar-refractivity contribution < 1.29 is 19.1 Å². The van der Waals surface area contributed by atoms with Crippen LogP contribution in [-0.4, -0.2) is 31.3 Å². The van der Waals surface area contributed by atoms with Crippen LogP contribution in [0.5, 0.6) is 0 Å². The minimum atomic E-state index is -0.598. The van der Waals surface area contributed by atoms with Crippen LogP contribution in [0, 0.1) is 0 Å². The molecule has 1 N–H and O–H groups in total. The SMILES string of the molecule is CCCCC(NC(=O)OCC)C(=O)OCC. The van der Waals surface area contributed by atoms with Gasteiger partial charge in [-0.05, 0) is 20.3 Å². The number of unbranched alkanes of at least 4 members (excludes halogenated alkanes) is 1. The molecule has 5 heteroatoms. The summed E-state index contributed by atoms with van der Waals surface area (Å²) in [6.45, 7) is 6.07. The van der Waals surface area contributed by atoms with Crippen LogP contribution in [0.4, 0.5) is 4.79 Å². The molecule has 0 aromatic rings. The van der Waals surface area contributed by atoms with Crippen molar-refractivity contribution in [1.82, 2.24) is 5.32 Å². The second-order valence-corrected chi connectivity index (χ2v) is 3.31. The molecule has 0 fully saturated rings. The maximum Gasteiger partial charge on any atom is 0.407 e. The number of hydrogen-bond donors (Lipinski definition) is 1. The molecule has 1 atom stereocenters. The van der Waals surface area contributed by atoms with Crippen LogP contribution < -0.4 is 5.32 Å². The number of nitrogens with one attached hydrogen (secondary N) is 1. The molecule has 5 nitrogen and oxygen atoms in total. The number of carbonyl (C=O) groups is 2. The fraction of sp³-hybridized carbons (Fsp3) is 0.818. The normalized spacial score (nSPS) is 11.7. The number of carbonyl (C=O) groups excluding carboxylic acids is 2. The summed E-state index contributed by atoms with van der Waals surface area (Å²) in [7, 11) is 0. The van der Waals surface area contributed by atoms with E-state index in [-0.39, 0.29) is 6.61 Å². The van der Waals surface area contributed by atoms with E-state index < -0.39 is 18.1 Å². The first-order valence-corrected chi connectivity index (χ1v) is 5.75. The average Bonchev–Trinajstić information content (AvgIpc) is 2.24. The Morgan fingerprint density at radius 1 is 1.12 bits per heavy atom. The predicted octanol–water partition coefficient (Wildman–Crippen LogP) is 1.85. The van der Waals surface area contributed by atoms with Gasteiger partial charge in [-0.1, -0.05) is 19.8 Å². The van der Waals surface area contributed by atoms with E-state index in [2.05, 4.69) is 5.32 Å². The molecule has 1 amide bonds. The van der Waals surface area contributed by atoms with Crippen LogP contribution in [0.3, 0.4) is 0 Å². The maximum absolute atomic E-state index is 11.5. The van der Waals surface area contributed by atoms with E-state index in [1.165, 1.54) is 0 Å². The van der Waals surface area contributed by atoms with Gasteiger partial charge in [0.1, 0.15) is 6.04 Å². The number of esters is 1. The van der Waals surface area contributed by atoms with Crippen LogP contribution in [0.25, 0.3) is 0 Å². The molecule has 0 saturated heterocycles. The standard InChI is InChI=1S/C11H21NO4/c1-4-7-8-9(10(13)15-5-2)12-11(14)16-6-3/h9H,4-8H2,1-3H3,(H,12,14). The van der Waals surface area contributed by atoms with Crippen molar-refractivity contribution in [3.05, 3.63) is 0 Å². The number of hydrogen-bond acceptors (Lipinski definition) is 4. The molecule has 0 aromatic heterocycles. The number of rotatable bonds is 7.